The zero-order valence-corrected chi connectivity index (χ0v) is 11.2. The number of aromatic nitrogens is 5. The first-order chi connectivity index (χ1) is 8.68. The molecule has 0 aliphatic rings. The minimum absolute atomic E-state index is 0.878. The third-order valence-electron chi connectivity index (χ3n) is 3.17. The summed E-state index contributed by atoms with van der Waals surface area (Å²) in [5.41, 5.74) is 3.65. The molecule has 0 atom stereocenters. The molecule has 0 aliphatic heterocycles. The van der Waals surface area contributed by atoms with Gasteiger partial charge in [0.15, 0.2) is 0 Å². The van der Waals surface area contributed by atoms with Crippen LogP contribution in [-0.2, 0) is 20.1 Å². The molecule has 0 aromatic carbocycles. The van der Waals surface area contributed by atoms with Crippen LogP contribution in [-0.4, -0.2) is 31.3 Å². The largest absolute Gasteiger partial charge is 0.312 e. The van der Waals surface area contributed by atoms with E-state index in [1.807, 2.05) is 22.6 Å². The summed E-state index contributed by atoms with van der Waals surface area (Å²) >= 11 is 0. The first kappa shape index (κ1) is 12.8. The maximum absolute atomic E-state index is 4.40. The molecule has 0 radical (unpaired) electrons. The molecular formula is C12H20N6. The molecule has 0 aliphatic carbocycles. The van der Waals surface area contributed by atoms with Crippen molar-refractivity contribution in [3.8, 4) is 0 Å². The highest BCUT2D eigenvalue weighted by molar-refractivity contribution is 5.23. The van der Waals surface area contributed by atoms with Gasteiger partial charge in [0.2, 0.25) is 0 Å². The van der Waals surface area contributed by atoms with Crippen molar-refractivity contribution in [3.63, 3.8) is 0 Å². The van der Waals surface area contributed by atoms with E-state index < -0.39 is 0 Å². The normalized spacial score (nSPS) is 11.1. The van der Waals surface area contributed by atoms with Gasteiger partial charge >= 0.3 is 0 Å². The first-order valence-electron chi connectivity index (χ1n) is 6.22. The summed E-state index contributed by atoms with van der Waals surface area (Å²) in [6.45, 7) is 6.90. The predicted molar refractivity (Wildman–Crippen MR) is 69.0 cm³/mol. The summed E-state index contributed by atoms with van der Waals surface area (Å²) in [5, 5.41) is 15.6. The highest BCUT2D eigenvalue weighted by Gasteiger charge is 2.07. The number of nitrogens with zero attached hydrogens (tertiary/aromatic N) is 5. The molecular weight excluding hydrogens is 228 g/mol. The van der Waals surface area contributed by atoms with Gasteiger partial charge in [-0.1, -0.05) is 5.21 Å². The lowest BCUT2D eigenvalue weighted by molar-refractivity contribution is 0.529. The Balaban J connectivity index is 1.72. The fourth-order valence-electron chi connectivity index (χ4n) is 2.00. The number of hydrogen-bond acceptors (Lipinski definition) is 4. The van der Waals surface area contributed by atoms with Gasteiger partial charge in [-0.05, 0) is 26.8 Å². The van der Waals surface area contributed by atoms with E-state index in [0.717, 1.165) is 31.7 Å². The van der Waals surface area contributed by atoms with Crippen LogP contribution in [0.3, 0.4) is 0 Å². The monoisotopic (exact) mass is 248 g/mol. The van der Waals surface area contributed by atoms with Crippen LogP contribution in [0, 0.1) is 13.8 Å². The SMILES string of the molecule is Cc1nn(C)c(C)c1CNCCCn1ccnn1. The molecule has 2 heterocycles. The van der Waals surface area contributed by atoms with E-state index in [4.69, 9.17) is 0 Å². The second-order valence-corrected chi connectivity index (χ2v) is 4.47. The van der Waals surface area contributed by atoms with Gasteiger partial charge in [-0.2, -0.15) is 5.10 Å². The van der Waals surface area contributed by atoms with E-state index in [-0.39, 0.29) is 0 Å². The van der Waals surface area contributed by atoms with Crippen molar-refractivity contribution in [1.29, 1.82) is 0 Å². The van der Waals surface area contributed by atoms with E-state index in [2.05, 4.69) is 34.6 Å². The molecule has 2 rings (SSSR count). The van der Waals surface area contributed by atoms with Gasteiger partial charge < -0.3 is 5.32 Å². The highest BCUT2D eigenvalue weighted by atomic mass is 15.4. The predicted octanol–water partition coefficient (Wildman–Crippen LogP) is 0.808. The van der Waals surface area contributed by atoms with Crippen LogP contribution in [0.1, 0.15) is 23.4 Å². The van der Waals surface area contributed by atoms with E-state index in [1.165, 1.54) is 11.3 Å². The Bertz CT molecular complexity index is 485. The summed E-state index contributed by atoms with van der Waals surface area (Å²) in [4.78, 5) is 0. The summed E-state index contributed by atoms with van der Waals surface area (Å²) in [6.07, 6.45) is 4.63. The zero-order valence-electron chi connectivity index (χ0n) is 11.2. The average molecular weight is 248 g/mol. The molecule has 0 saturated heterocycles. The molecule has 0 spiro atoms. The third-order valence-corrected chi connectivity index (χ3v) is 3.17. The van der Waals surface area contributed by atoms with Crippen molar-refractivity contribution in [2.75, 3.05) is 6.54 Å². The van der Waals surface area contributed by atoms with E-state index in [0.29, 0.717) is 0 Å². The van der Waals surface area contributed by atoms with Gasteiger partial charge in [-0.3, -0.25) is 9.36 Å². The second kappa shape index (κ2) is 5.77. The Kier molecular flexibility index (Phi) is 4.09. The molecule has 18 heavy (non-hydrogen) atoms. The molecule has 0 bridgehead atoms. The second-order valence-electron chi connectivity index (χ2n) is 4.47. The fraction of sp³-hybridized carbons (Fsp3) is 0.583. The number of nitrogens with one attached hydrogen (secondary N) is 1. The Hall–Kier alpha value is -1.69. The van der Waals surface area contributed by atoms with Crippen molar-refractivity contribution in [1.82, 2.24) is 30.1 Å². The van der Waals surface area contributed by atoms with E-state index in [1.54, 1.807) is 6.20 Å². The summed E-state index contributed by atoms with van der Waals surface area (Å²) in [6, 6.07) is 0. The fourth-order valence-corrected chi connectivity index (χ4v) is 2.00. The molecule has 2 aromatic rings. The summed E-state index contributed by atoms with van der Waals surface area (Å²) in [5.74, 6) is 0. The smallest absolute Gasteiger partial charge is 0.0692 e. The maximum Gasteiger partial charge on any atom is 0.0692 e. The molecule has 6 heteroatoms. The highest BCUT2D eigenvalue weighted by Crippen LogP contribution is 2.10. The van der Waals surface area contributed by atoms with Crippen LogP contribution >= 0.6 is 0 Å². The molecule has 0 unspecified atom stereocenters. The number of rotatable bonds is 6. The van der Waals surface area contributed by atoms with Gasteiger partial charge in [0.05, 0.1) is 11.9 Å². The number of aryl methyl sites for hydroxylation is 3. The lowest BCUT2D eigenvalue weighted by Gasteiger charge is -2.05. The molecule has 98 valence electrons. The average Bonchev–Trinajstić information content (AvgIpc) is 2.92. The zero-order chi connectivity index (χ0) is 13.0. The van der Waals surface area contributed by atoms with Crippen LogP contribution < -0.4 is 5.32 Å². The van der Waals surface area contributed by atoms with Crippen LogP contribution in [0.5, 0.6) is 0 Å². The minimum Gasteiger partial charge on any atom is -0.312 e. The lowest BCUT2D eigenvalue weighted by atomic mass is 10.2. The van der Waals surface area contributed by atoms with Crippen LogP contribution in [0.15, 0.2) is 12.4 Å². The summed E-state index contributed by atoms with van der Waals surface area (Å²) in [7, 11) is 1.98. The quantitative estimate of drug-likeness (QED) is 0.768. The van der Waals surface area contributed by atoms with Gasteiger partial charge in [0.1, 0.15) is 0 Å². The Morgan fingerprint density at radius 2 is 2.17 bits per heavy atom. The van der Waals surface area contributed by atoms with Gasteiger partial charge in [0.25, 0.3) is 0 Å². The van der Waals surface area contributed by atoms with Crippen LogP contribution in [0.25, 0.3) is 0 Å². The van der Waals surface area contributed by atoms with Crippen molar-refractivity contribution in [3.05, 3.63) is 29.3 Å². The summed E-state index contributed by atoms with van der Waals surface area (Å²) < 4.78 is 3.78. The molecule has 2 aromatic heterocycles. The molecule has 6 nitrogen and oxygen atoms in total. The first-order valence-corrected chi connectivity index (χ1v) is 6.22. The van der Waals surface area contributed by atoms with Gasteiger partial charge in [-0.15, -0.1) is 5.10 Å². The van der Waals surface area contributed by atoms with Crippen LogP contribution in [0.4, 0.5) is 0 Å². The molecule has 0 fully saturated rings. The van der Waals surface area contributed by atoms with Crippen molar-refractivity contribution in [2.45, 2.75) is 33.4 Å². The molecule has 0 amide bonds. The van der Waals surface area contributed by atoms with Gasteiger partial charge in [0, 0.05) is 37.6 Å². The minimum atomic E-state index is 0.878. The van der Waals surface area contributed by atoms with Crippen LogP contribution in [0.2, 0.25) is 0 Å². The lowest BCUT2D eigenvalue weighted by Crippen LogP contribution is -2.17. The molecule has 0 saturated carbocycles. The number of hydrogen-bond donors (Lipinski definition) is 1. The van der Waals surface area contributed by atoms with E-state index in [9.17, 15) is 0 Å². The Labute approximate surface area is 107 Å². The standard InChI is InChI=1S/C12H20N6/c1-10-12(11(2)17(3)15-10)9-13-5-4-7-18-8-6-14-16-18/h6,8,13H,4-5,7,9H2,1-3H3. The topological polar surface area (TPSA) is 60.6 Å². The van der Waals surface area contributed by atoms with Crippen molar-refractivity contribution in [2.24, 2.45) is 7.05 Å². The van der Waals surface area contributed by atoms with E-state index >= 15 is 0 Å². The third kappa shape index (κ3) is 2.95. The van der Waals surface area contributed by atoms with Gasteiger partial charge in [-0.25, -0.2) is 0 Å². The Morgan fingerprint density at radius 1 is 1.33 bits per heavy atom. The molecule has 1 N–H and O–H groups in total. The van der Waals surface area contributed by atoms with Crippen molar-refractivity contribution >= 4 is 0 Å². The maximum atomic E-state index is 4.40. The van der Waals surface area contributed by atoms with Crippen molar-refractivity contribution < 1.29 is 0 Å². The Morgan fingerprint density at radius 3 is 2.78 bits per heavy atom.